The van der Waals surface area contributed by atoms with Crippen molar-refractivity contribution in [2.24, 2.45) is 5.41 Å². The van der Waals surface area contributed by atoms with E-state index in [0.29, 0.717) is 6.10 Å². The minimum atomic E-state index is 0.563. The van der Waals surface area contributed by atoms with Crippen molar-refractivity contribution in [3.05, 3.63) is 0 Å². The molecule has 3 heteroatoms. The molecule has 1 spiro atoms. The molecule has 0 amide bonds. The second-order valence-electron chi connectivity index (χ2n) is 3.88. The molecule has 0 bridgehead atoms. The highest BCUT2D eigenvalue weighted by Gasteiger charge is 2.46. The standard InChI is InChI=1S/C8H13IOS/c9-11-10-7-2-1-3-8(6-7)4-5-8/h7H,1-6H2. The molecule has 0 aromatic heterocycles. The molecule has 1 atom stereocenters. The Hall–Kier alpha value is 1.04. The van der Waals surface area contributed by atoms with Gasteiger partial charge in [0.1, 0.15) is 0 Å². The molecule has 0 radical (unpaired) electrons. The molecule has 11 heavy (non-hydrogen) atoms. The van der Waals surface area contributed by atoms with Gasteiger partial charge in [0, 0.05) is 21.2 Å². The average Bonchev–Trinajstić information content (AvgIpc) is 2.70. The smallest absolute Gasteiger partial charge is 0.0737 e. The number of rotatable bonds is 2. The fraction of sp³-hybridized carbons (Fsp3) is 1.00. The first kappa shape index (κ1) is 8.63. The van der Waals surface area contributed by atoms with Crippen LogP contribution in [0.25, 0.3) is 0 Å². The SMILES string of the molecule is ISOC1CCCC2(CC2)C1. The van der Waals surface area contributed by atoms with E-state index >= 15 is 0 Å². The van der Waals surface area contributed by atoms with Gasteiger partial charge in [0.15, 0.2) is 0 Å². The topological polar surface area (TPSA) is 9.23 Å². The van der Waals surface area contributed by atoms with Gasteiger partial charge in [0.2, 0.25) is 0 Å². The van der Waals surface area contributed by atoms with E-state index in [-0.39, 0.29) is 0 Å². The Bertz CT molecular complexity index is 145. The lowest BCUT2D eigenvalue weighted by Gasteiger charge is -2.27. The molecule has 2 aliphatic rings. The van der Waals surface area contributed by atoms with Gasteiger partial charge in [-0.2, -0.15) is 0 Å². The predicted molar refractivity (Wildman–Crippen MR) is 56.6 cm³/mol. The Morgan fingerprint density at radius 1 is 1.36 bits per heavy atom. The largest absolute Gasteiger partial charge is 0.302 e. The fourth-order valence-electron chi connectivity index (χ4n) is 2.16. The first-order valence-corrected chi connectivity index (χ1v) is 7.57. The number of hydrogen-bond acceptors (Lipinski definition) is 2. The first-order chi connectivity index (χ1) is 5.35. The summed E-state index contributed by atoms with van der Waals surface area (Å²) in [6.07, 6.45) is 8.99. The summed E-state index contributed by atoms with van der Waals surface area (Å²) in [6.45, 7) is 0. The lowest BCUT2D eigenvalue weighted by Crippen LogP contribution is -2.21. The highest BCUT2D eigenvalue weighted by Crippen LogP contribution is 2.56. The van der Waals surface area contributed by atoms with E-state index in [0.717, 1.165) is 5.41 Å². The van der Waals surface area contributed by atoms with E-state index in [4.69, 9.17) is 4.18 Å². The van der Waals surface area contributed by atoms with Crippen LogP contribution in [0.3, 0.4) is 0 Å². The van der Waals surface area contributed by atoms with Gasteiger partial charge < -0.3 is 4.18 Å². The molecule has 2 rings (SSSR count). The molecule has 1 unspecified atom stereocenters. The number of halogens is 1. The summed E-state index contributed by atoms with van der Waals surface area (Å²) in [6, 6.07) is 0. The second kappa shape index (κ2) is 3.42. The van der Waals surface area contributed by atoms with Crippen LogP contribution in [-0.2, 0) is 4.18 Å². The molecule has 0 heterocycles. The normalized spacial score (nSPS) is 34.1. The van der Waals surface area contributed by atoms with E-state index in [1.807, 2.05) is 0 Å². The highest BCUT2D eigenvalue weighted by atomic mass is 127. The number of hydrogen-bond donors (Lipinski definition) is 0. The Labute approximate surface area is 84.4 Å². The quantitative estimate of drug-likeness (QED) is 0.564. The lowest BCUT2D eigenvalue weighted by molar-refractivity contribution is 0.140. The van der Waals surface area contributed by atoms with E-state index in [9.17, 15) is 0 Å². The van der Waals surface area contributed by atoms with Crippen molar-refractivity contribution in [3.63, 3.8) is 0 Å². The van der Waals surface area contributed by atoms with Crippen molar-refractivity contribution in [1.82, 2.24) is 0 Å². The molecule has 0 aromatic carbocycles. The Morgan fingerprint density at radius 2 is 2.18 bits per heavy atom. The molecule has 0 saturated heterocycles. The third kappa shape index (κ3) is 2.04. The highest BCUT2D eigenvalue weighted by molar-refractivity contribution is 14.2. The average molecular weight is 284 g/mol. The predicted octanol–water partition coefficient (Wildman–Crippen LogP) is 3.72. The summed E-state index contributed by atoms with van der Waals surface area (Å²) < 4.78 is 5.56. The van der Waals surface area contributed by atoms with Crippen molar-refractivity contribution in [2.45, 2.75) is 44.6 Å². The summed E-state index contributed by atoms with van der Waals surface area (Å²) >= 11 is 2.22. The van der Waals surface area contributed by atoms with Crippen LogP contribution in [0.4, 0.5) is 0 Å². The van der Waals surface area contributed by atoms with E-state index in [1.165, 1.54) is 47.7 Å². The molecule has 0 aliphatic heterocycles. The molecular weight excluding hydrogens is 271 g/mol. The van der Waals surface area contributed by atoms with Gasteiger partial charge in [-0.3, -0.25) is 0 Å². The van der Waals surface area contributed by atoms with Gasteiger partial charge in [-0.1, -0.05) is 6.42 Å². The van der Waals surface area contributed by atoms with Crippen LogP contribution in [0.1, 0.15) is 38.5 Å². The van der Waals surface area contributed by atoms with E-state index < -0.39 is 0 Å². The van der Waals surface area contributed by atoms with Crippen LogP contribution in [0, 0.1) is 5.41 Å². The van der Waals surface area contributed by atoms with Gasteiger partial charge in [-0.25, -0.2) is 0 Å². The molecule has 2 fully saturated rings. The van der Waals surface area contributed by atoms with Crippen LogP contribution in [-0.4, -0.2) is 6.10 Å². The minimum absolute atomic E-state index is 0.563. The van der Waals surface area contributed by atoms with E-state index in [2.05, 4.69) is 21.2 Å². The third-order valence-electron chi connectivity index (χ3n) is 3.02. The van der Waals surface area contributed by atoms with Crippen molar-refractivity contribution in [1.29, 1.82) is 0 Å². The third-order valence-corrected chi connectivity index (χ3v) is 3.99. The molecule has 64 valence electrons. The summed E-state index contributed by atoms with van der Waals surface area (Å²) in [7, 11) is 1.51. The minimum Gasteiger partial charge on any atom is -0.302 e. The zero-order valence-electron chi connectivity index (χ0n) is 6.51. The molecule has 0 aromatic rings. The molecule has 2 saturated carbocycles. The van der Waals surface area contributed by atoms with Crippen LogP contribution in [0.2, 0.25) is 0 Å². The van der Waals surface area contributed by atoms with Gasteiger partial charge in [-0.05, 0) is 37.5 Å². The maximum atomic E-state index is 5.56. The van der Waals surface area contributed by atoms with Crippen LogP contribution >= 0.6 is 30.4 Å². The van der Waals surface area contributed by atoms with Gasteiger partial charge in [0.05, 0.1) is 15.3 Å². The zero-order chi connectivity index (χ0) is 7.73. The second-order valence-corrected chi connectivity index (χ2v) is 5.27. The molecule has 0 N–H and O–H groups in total. The maximum Gasteiger partial charge on any atom is 0.0737 e. The van der Waals surface area contributed by atoms with E-state index in [1.54, 1.807) is 0 Å². The zero-order valence-corrected chi connectivity index (χ0v) is 9.49. The summed E-state index contributed by atoms with van der Waals surface area (Å²) in [4.78, 5) is 0. The van der Waals surface area contributed by atoms with Crippen LogP contribution < -0.4 is 0 Å². The van der Waals surface area contributed by atoms with Gasteiger partial charge >= 0.3 is 0 Å². The monoisotopic (exact) mass is 284 g/mol. The summed E-state index contributed by atoms with van der Waals surface area (Å²) in [5.74, 6) is 0. The Morgan fingerprint density at radius 3 is 2.82 bits per heavy atom. The maximum absolute atomic E-state index is 5.56. The molecular formula is C8H13IOS. The lowest BCUT2D eigenvalue weighted by atomic mass is 9.85. The fourth-order valence-corrected chi connectivity index (χ4v) is 3.30. The van der Waals surface area contributed by atoms with Crippen molar-refractivity contribution in [3.8, 4) is 0 Å². The van der Waals surface area contributed by atoms with Crippen molar-refractivity contribution < 1.29 is 4.18 Å². The Kier molecular flexibility index (Phi) is 2.68. The van der Waals surface area contributed by atoms with Crippen molar-refractivity contribution in [2.75, 3.05) is 0 Å². The molecule has 2 aliphatic carbocycles. The Balaban J connectivity index is 1.83. The summed E-state index contributed by atoms with van der Waals surface area (Å²) in [5, 5.41) is 0. The van der Waals surface area contributed by atoms with Crippen molar-refractivity contribution >= 4 is 30.4 Å². The van der Waals surface area contributed by atoms with Gasteiger partial charge in [-0.15, -0.1) is 0 Å². The summed E-state index contributed by atoms with van der Waals surface area (Å²) in [5.41, 5.74) is 0.759. The van der Waals surface area contributed by atoms with Crippen LogP contribution in [0.5, 0.6) is 0 Å². The van der Waals surface area contributed by atoms with Gasteiger partial charge in [0.25, 0.3) is 0 Å². The van der Waals surface area contributed by atoms with Crippen LogP contribution in [0.15, 0.2) is 0 Å². The molecule has 1 nitrogen and oxygen atoms in total. The first-order valence-electron chi connectivity index (χ1n) is 4.29.